The lowest BCUT2D eigenvalue weighted by Crippen LogP contribution is -2.21. The standard InChI is InChI=1S/C7H8IN3/c8-5-3-1-2-4-6(5)11-7(9)10/h1-4H,(H4,9,10,11). The number of para-hydroxylation sites is 1. The Morgan fingerprint density at radius 1 is 1.27 bits per heavy atom. The molecule has 0 fully saturated rings. The van der Waals surface area contributed by atoms with Crippen molar-refractivity contribution in [3.63, 3.8) is 0 Å². The van der Waals surface area contributed by atoms with Crippen LogP contribution in [0.1, 0.15) is 0 Å². The van der Waals surface area contributed by atoms with E-state index in [-0.39, 0.29) is 5.96 Å². The lowest BCUT2D eigenvalue weighted by atomic mass is 10.3. The van der Waals surface area contributed by atoms with E-state index in [1.54, 1.807) is 0 Å². The number of aliphatic imine (C=N–C) groups is 1. The molecule has 1 rings (SSSR count). The zero-order chi connectivity index (χ0) is 8.27. The highest BCUT2D eigenvalue weighted by molar-refractivity contribution is 14.1. The molecule has 0 saturated carbocycles. The van der Waals surface area contributed by atoms with Crippen LogP contribution >= 0.6 is 22.6 Å². The van der Waals surface area contributed by atoms with Crippen LogP contribution in [0.4, 0.5) is 5.69 Å². The van der Waals surface area contributed by atoms with Crippen LogP contribution in [0.25, 0.3) is 0 Å². The van der Waals surface area contributed by atoms with Crippen molar-refractivity contribution in [1.29, 1.82) is 0 Å². The van der Waals surface area contributed by atoms with Crippen molar-refractivity contribution in [1.82, 2.24) is 0 Å². The lowest BCUT2D eigenvalue weighted by Gasteiger charge is -1.96. The highest BCUT2D eigenvalue weighted by Gasteiger charge is 1.93. The summed E-state index contributed by atoms with van der Waals surface area (Å²) in [7, 11) is 0. The Bertz CT molecular complexity index is 279. The molecule has 1 aromatic carbocycles. The number of halogens is 1. The number of hydrogen-bond donors (Lipinski definition) is 2. The number of hydrogen-bond acceptors (Lipinski definition) is 1. The van der Waals surface area contributed by atoms with Crippen molar-refractivity contribution in [2.45, 2.75) is 0 Å². The lowest BCUT2D eigenvalue weighted by molar-refractivity contribution is 1.41. The van der Waals surface area contributed by atoms with Crippen LogP contribution in [0.5, 0.6) is 0 Å². The molecule has 4 N–H and O–H groups in total. The molecule has 0 aliphatic heterocycles. The Morgan fingerprint density at radius 2 is 1.91 bits per heavy atom. The third kappa shape index (κ3) is 2.38. The fraction of sp³-hybridized carbons (Fsp3) is 0. The Hall–Kier alpha value is -0.780. The molecule has 0 bridgehead atoms. The molecular formula is C7H8IN3. The van der Waals surface area contributed by atoms with Gasteiger partial charge in [-0.2, -0.15) is 0 Å². The Morgan fingerprint density at radius 3 is 2.45 bits per heavy atom. The summed E-state index contributed by atoms with van der Waals surface area (Å²) in [5.41, 5.74) is 11.2. The molecule has 3 nitrogen and oxygen atoms in total. The van der Waals surface area contributed by atoms with Gasteiger partial charge in [-0.15, -0.1) is 0 Å². The minimum Gasteiger partial charge on any atom is -0.370 e. The number of guanidine groups is 1. The van der Waals surface area contributed by atoms with Crippen molar-refractivity contribution in [3.05, 3.63) is 27.8 Å². The van der Waals surface area contributed by atoms with Gasteiger partial charge in [0.1, 0.15) is 0 Å². The normalized spacial score (nSPS) is 9.18. The van der Waals surface area contributed by atoms with Crippen molar-refractivity contribution in [3.8, 4) is 0 Å². The quantitative estimate of drug-likeness (QED) is 0.453. The van der Waals surface area contributed by atoms with Crippen LogP contribution in [0.15, 0.2) is 29.3 Å². The molecule has 0 atom stereocenters. The van der Waals surface area contributed by atoms with Crippen LogP contribution < -0.4 is 11.5 Å². The molecule has 0 saturated heterocycles. The maximum atomic E-state index is 5.22. The van der Waals surface area contributed by atoms with E-state index in [0.29, 0.717) is 0 Å². The van der Waals surface area contributed by atoms with Crippen molar-refractivity contribution >= 4 is 34.2 Å². The van der Waals surface area contributed by atoms with Gasteiger partial charge in [-0.3, -0.25) is 0 Å². The van der Waals surface area contributed by atoms with Crippen molar-refractivity contribution in [2.24, 2.45) is 16.5 Å². The van der Waals surface area contributed by atoms with Gasteiger partial charge >= 0.3 is 0 Å². The van der Waals surface area contributed by atoms with Gasteiger partial charge in [0, 0.05) is 3.57 Å². The van der Waals surface area contributed by atoms with Gasteiger partial charge in [0.25, 0.3) is 0 Å². The summed E-state index contributed by atoms with van der Waals surface area (Å²) in [4.78, 5) is 3.92. The topological polar surface area (TPSA) is 64.4 Å². The van der Waals surface area contributed by atoms with Crippen LogP contribution in [0.2, 0.25) is 0 Å². The summed E-state index contributed by atoms with van der Waals surface area (Å²) in [5, 5.41) is 0. The van der Waals surface area contributed by atoms with Crippen molar-refractivity contribution in [2.75, 3.05) is 0 Å². The monoisotopic (exact) mass is 261 g/mol. The van der Waals surface area contributed by atoms with Crippen LogP contribution in [0.3, 0.4) is 0 Å². The maximum Gasteiger partial charge on any atom is 0.191 e. The van der Waals surface area contributed by atoms with Crippen LogP contribution in [-0.2, 0) is 0 Å². The first-order valence-electron chi connectivity index (χ1n) is 3.04. The molecule has 0 unspecified atom stereocenters. The van der Waals surface area contributed by atoms with Crippen molar-refractivity contribution < 1.29 is 0 Å². The van der Waals surface area contributed by atoms with E-state index in [4.69, 9.17) is 11.5 Å². The Kier molecular flexibility index (Phi) is 2.70. The van der Waals surface area contributed by atoms with Crippen LogP contribution in [0, 0.1) is 3.57 Å². The molecule has 0 spiro atoms. The average Bonchev–Trinajstić information content (AvgIpc) is 1.93. The van der Waals surface area contributed by atoms with E-state index in [1.807, 2.05) is 24.3 Å². The van der Waals surface area contributed by atoms with Gasteiger partial charge < -0.3 is 11.5 Å². The van der Waals surface area contributed by atoms with Crippen LogP contribution in [-0.4, -0.2) is 5.96 Å². The molecular weight excluding hydrogens is 253 g/mol. The Labute approximate surface area is 78.6 Å². The predicted molar refractivity (Wildman–Crippen MR) is 54.6 cm³/mol. The second kappa shape index (κ2) is 3.56. The first kappa shape index (κ1) is 8.32. The fourth-order valence-corrected chi connectivity index (χ4v) is 1.19. The molecule has 0 aliphatic rings. The molecule has 1 aromatic rings. The number of benzene rings is 1. The summed E-state index contributed by atoms with van der Waals surface area (Å²) < 4.78 is 1.04. The van der Waals surface area contributed by atoms with Gasteiger partial charge in [0.2, 0.25) is 0 Å². The molecule has 0 amide bonds. The molecule has 4 heteroatoms. The average molecular weight is 261 g/mol. The van der Waals surface area contributed by atoms with E-state index >= 15 is 0 Å². The summed E-state index contributed by atoms with van der Waals surface area (Å²) in [6.07, 6.45) is 0. The smallest absolute Gasteiger partial charge is 0.191 e. The maximum absolute atomic E-state index is 5.22. The zero-order valence-electron chi connectivity index (χ0n) is 5.79. The molecule has 11 heavy (non-hydrogen) atoms. The highest BCUT2D eigenvalue weighted by atomic mass is 127. The highest BCUT2D eigenvalue weighted by Crippen LogP contribution is 2.19. The number of rotatable bonds is 1. The fourth-order valence-electron chi connectivity index (χ4n) is 0.681. The second-order valence-electron chi connectivity index (χ2n) is 1.99. The Balaban J connectivity index is 3.04. The van der Waals surface area contributed by atoms with E-state index in [9.17, 15) is 0 Å². The third-order valence-electron chi connectivity index (χ3n) is 1.10. The van der Waals surface area contributed by atoms with Gasteiger partial charge in [0.05, 0.1) is 5.69 Å². The third-order valence-corrected chi connectivity index (χ3v) is 2.01. The van der Waals surface area contributed by atoms with E-state index < -0.39 is 0 Å². The van der Waals surface area contributed by atoms with E-state index in [1.165, 1.54) is 0 Å². The molecule has 58 valence electrons. The molecule has 0 radical (unpaired) electrons. The summed E-state index contributed by atoms with van der Waals surface area (Å²) in [6.45, 7) is 0. The van der Waals surface area contributed by atoms with Gasteiger partial charge in [-0.25, -0.2) is 4.99 Å². The van der Waals surface area contributed by atoms with E-state index in [2.05, 4.69) is 27.6 Å². The number of nitrogens with two attached hydrogens (primary N) is 2. The summed E-state index contributed by atoms with van der Waals surface area (Å²) in [5.74, 6) is 0.0918. The summed E-state index contributed by atoms with van der Waals surface area (Å²) >= 11 is 2.18. The SMILES string of the molecule is NC(N)=Nc1ccccc1I. The summed E-state index contributed by atoms with van der Waals surface area (Å²) in [6, 6.07) is 7.64. The second-order valence-corrected chi connectivity index (χ2v) is 3.15. The zero-order valence-corrected chi connectivity index (χ0v) is 7.95. The van der Waals surface area contributed by atoms with Gasteiger partial charge in [-0.05, 0) is 34.7 Å². The predicted octanol–water partition coefficient (Wildman–Crippen LogP) is 1.20. The van der Waals surface area contributed by atoms with Gasteiger partial charge in [0.15, 0.2) is 5.96 Å². The molecule has 0 heterocycles. The molecule has 0 aliphatic carbocycles. The first-order valence-corrected chi connectivity index (χ1v) is 4.12. The minimum absolute atomic E-state index is 0.0918. The first-order chi connectivity index (χ1) is 5.20. The molecule has 0 aromatic heterocycles. The largest absolute Gasteiger partial charge is 0.370 e. The van der Waals surface area contributed by atoms with Gasteiger partial charge in [-0.1, -0.05) is 12.1 Å². The van der Waals surface area contributed by atoms with E-state index in [0.717, 1.165) is 9.26 Å². The minimum atomic E-state index is 0.0918. The number of nitrogens with zero attached hydrogens (tertiary/aromatic N) is 1.